The van der Waals surface area contributed by atoms with Crippen LogP contribution in [0.2, 0.25) is 0 Å². The molecule has 0 radical (unpaired) electrons. The molecule has 5 nitrogen and oxygen atoms in total. The molecule has 5 heteroatoms. The summed E-state index contributed by atoms with van der Waals surface area (Å²) in [6.07, 6.45) is 2.84. The van der Waals surface area contributed by atoms with E-state index in [9.17, 15) is 14.4 Å². The number of hydrogen-bond donors (Lipinski definition) is 1. The molecule has 0 aliphatic heterocycles. The van der Waals surface area contributed by atoms with Crippen LogP contribution in [0.3, 0.4) is 0 Å². The van der Waals surface area contributed by atoms with Crippen molar-refractivity contribution < 1.29 is 24.2 Å². The zero-order valence-corrected chi connectivity index (χ0v) is 17.7. The molecule has 2 unspecified atom stereocenters. The first kappa shape index (κ1) is 23.3. The maximum atomic E-state index is 13.1. The van der Waals surface area contributed by atoms with E-state index in [1.807, 2.05) is 55.5 Å². The number of carboxylic acid groups (broad SMARTS) is 1. The van der Waals surface area contributed by atoms with E-state index >= 15 is 0 Å². The number of carbonyl (C=O) groups is 3. The molecular weight excluding hydrogens is 380 g/mol. The number of carbonyl (C=O) groups excluding carboxylic acids is 2. The van der Waals surface area contributed by atoms with Crippen molar-refractivity contribution in [2.75, 3.05) is 0 Å². The monoisotopic (exact) mass is 410 g/mol. The molecule has 2 rings (SSSR count). The first-order valence-electron chi connectivity index (χ1n) is 10.4. The van der Waals surface area contributed by atoms with Crippen molar-refractivity contribution >= 4 is 17.7 Å². The van der Waals surface area contributed by atoms with Crippen LogP contribution in [0.25, 0.3) is 0 Å². The van der Waals surface area contributed by atoms with E-state index in [4.69, 9.17) is 9.84 Å². The van der Waals surface area contributed by atoms with Crippen molar-refractivity contribution in [3.05, 3.63) is 66.2 Å². The van der Waals surface area contributed by atoms with Crippen LogP contribution in [0.1, 0.15) is 57.9 Å². The van der Waals surface area contributed by atoms with Crippen molar-refractivity contribution in [1.82, 2.24) is 0 Å². The smallest absolute Gasteiger partial charge is 0.321 e. The Hall–Kier alpha value is -2.95. The fourth-order valence-electron chi connectivity index (χ4n) is 3.37. The lowest BCUT2D eigenvalue weighted by Crippen LogP contribution is -2.36. The summed E-state index contributed by atoms with van der Waals surface area (Å²) in [5, 5.41) is 8.92. The predicted molar refractivity (Wildman–Crippen MR) is 115 cm³/mol. The van der Waals surface area contributed by atoms with Gasteiger partial charge in [-0.1, -0.05) is 55.5 Å². The molecule has 30 heavy (non-hydrogen) atoms. The number of ketones is 1. The molecular formula is C25H30O5. The zero-order valence-electron chi connectivity index (χ0n) is 17.7. The summed E-state index contributed by atoms with van der Waals surface area (Å²) in [4.78, 5) is 36.1. The van der Waals surface area contributed by atoms with Gasteiger partial charge in [0.1, 0.15) is 11.5 Å². The Labute approximate surface area is 178 Å². The second-order valence-corrected chi connectivity index (χ2v) is 7.92. The standard InChI is InChI=1S/C25H30O5/c1-19(23(27)28)11-9-14-21(26)15-10-18-25(2,20-12-5-3-6-13-20)24(29)30-22-16-7-4-8-17-22/h3-8,12-13,16-17,19H,9-11,14-15,18H2,1-2H3,(H,27,28). The quantitative estimate of drug-likeness (QED) is 0.385. The van der Waals surface area contributed by atoms with Gasteiger partial charge >= 0.3 is 11.9 Å². The first-order valence-corrected chi connectivity index (χ1v) is 10.4. The van der Waals surface area contributed by atoms with Gasteiger partial charge in [-0.15, -0.1) is 0 Å². The molecule has 0 amide bonds. The highest BCUT2D eigenvalue weighted by atomic mass is 16.5. The van der Waals surface area contributed by atoms with Crippen molar-refractivity contribution in [2.24, 2.45) is 5.92 Å². The minimum atomic E-state index is -0.866. The Kier molecular flexibility index (Phi) is 8.78. The number of aliphatic carboxylic acids is 1. The molecule has 0 aromatic heterocycles. The van der Waals surface area contributed by atoms with Crippen LogP contribution in [-0.4, -0.2) is 22.8 Å². The SMILES string of the molecule is CC(CCCC(=O)CCCC(C)(C(=O)Oc1ccccc1)c1ccccc1)C(=O)O. The van der Waals surface area contributed by atoms with Gasteiger partial charge < -0.3 is 9.84 Å². The Morgan fingerprint density at radius 2 is 1.50 bits per heavy atom. The van der Waals surface area contributed by atoms with E-state index in [1.54, 1.807) is 19.1 Å². The molecule has 160 valence electrons. The van der Waals surface area contributed by atoms with Crippen molar-refractivity contribution in [2.45, 2.75) is 57.8 Å². The number of ether oxygens (including phenoxy) is 1. The van der Waals surface area contributed by atoms with Crippen molar-refractivity contribution in [3.8, 4) is 5.75 Å². The van der Waals surface area contributed by atoms with Gasteiger partial charge in [0.25, 0.3) is 0 Å². The second kappa shape index (κ2) is 11.3. The second-order valence-electron chi connectivity index (χ2n) is 7.92. The van der Waals surface area contributed by atoms with Gasteiger partial charge in [0, 0.05) is 12.8 Å². The lowest BCUT2D eigenvalue weighted by Gasteiger charge is -2.28. The third-order valence-corrected chi connectivity index (χ3v) is 5.46. The van der Waals surface area contributed by atoms with Gasteiger partial charge in [-0.3, -0.25) is 14.4 Å². The average Bonchev–Trinajstić information content (AvgIpc) is 2.74. The number of para-hydroxylation sites is 1. The van der Waals surface area contributed by atoms with E-state index in [0.717, 1.165) is 5.56 Å². The lowest BCUT2D eigenvalue weighted by atomic mass is 9.78. The van der Waals surface area contributed by atoms with Gasteiger partial charge in [-0.2, -0.15) is 0 Å². The molecule has 0 heterocycles. The summed E-state index contributed by atoms with van der Waals surface area (Å²) < 4.78 is 5.63. The summed E-state index contributed by atoms with van der Waals surface area (Å²) in [5.41, 5.74) is -0.0106. The van der Waals surface area contributed by atoms with E-state index in [0.29, 0.717) is 44.3 Å². The van der Waals surface area contributed by atoms with Crippen LogP contribution in [0.15, 0.2) is 60.7 Å². The molecule has 0 aliphatic rings. The van der Waals surface area contributed by atoms with Gasteiger partial charge in [0.15, 0.2) is 0 Å². The Bertz CT molecular complexity index is 831. The lowest BCUT2D eigenvalue weighted by molar-refractivity contribution is -0.142. The minimum Gasteiger partial charge on any atom is -0.481 e. The van der Waals surface area contributed by atoms with Crippen molar-refractivity contribution in [1.29, 1.82) is 0 Å². The highest BCUT2D eigenvalue weighted by Crippen LogP contribution is 2.32. The van der Waals surface area contributed by atoms with Gasteiger partial charge in [0.2, 0.25) is 0 Å². The third kappa shape index (κ3) is 6.83. The molecule has 2 aromatic carbocycles. The number of benzene rings is 2. The molecule has 0 aliphatic carbocycles. The van der Waals surface area contributed by atoms with Crippen LogP contribution in [-0.2, 0) is 19.8 Å². The van der Waals surface area contributed by atoms with Crippen molar-refractivity contribution in [3.63, 3.8) is 0 Å². The van der Waals surface area contributed by atoms with Crippen LogP contribution < -0.4 is 4.74 Å². The molecule has 2 atom stereocenters. The first-order chi connectivity index (χ1) is 14.3. The highest BCUT2D eigenvalue weighted by Gasteiger charge is 2.36. The third-order valence-electron chi connectivity index (χ3n) is 5.46. The normalized spacial score (nSPS) is 13.8. The van der Waals surface area contributed by atoms with Crippen LogP contribution in [0.5, 0.6) is 5.75 Å². The topological polar surface area (TPSA) is 80.7 Å². The summed E-state index contributed by atoms with van der Waals surface area (Å²) in [7, 11) is 0. The van der Waals surface area contributed by atoms with Crippen LogP contribution >= 0.6 is 0 Å². The molecule has 0 bridgehead atoms. The number of Topliss-reactive ketones (excluding diaryl/α,β-unsaturated/α-hetero) is 1. The minimum absolute atomic E-state index is 0.0967. The molecule has 1 N–H and O–H groups in total. The fourth-order valence-corrected chi connectivity index (χ4v) is 3.37. The predicted octanol–water partition coefficient (Wildman–Crippen LogP) is 5.18. The van der Waals surface area contributed by atoms with Crippen LogP contribution in [0.4, 0.5) is 0 Å². The number of hydrogen-bond acceptors (Lipinski definition) is 4. The largest absolute Gasteiger partial charge is 0.481 e. The molecule has 2 aromatic rings. The Morgan fingerprint density at radius 1 is 0.933 bits per heavy atom. The summed E-state index contributed by atoms with van der Waals surface area (Å²) in [6.45, 7) is 3.50. The zero-order chi connectivity index (χ0) is 22.0. The molecule has 0 saturated heterocycles. The average molecular weight is 411 g/mol. The van der Waals surface area contributed by atoms with E-state index in [1.165, 1.54) is 0 Å². The number of rotatable bonds is 12. The summed E-state index contributed by atoms with van der Waals surface area (Å²) in [5.74, 6) is -1.03. The highest BCUT2D eigenvalue weighted by molar-refractivity contribution is 5.85. The fraction of sp³-hybridized carbons (Fsp3) is 0.400. The van der Waals surface area contributed by atoms with E-state index < -0.39 is 17.3 Å². The summed E-state index contributed by atoms with van der Waals surface area (Å²) >= 11 is 0. The van der Waals surface area contributed by atoms with Crippen LogP contribution in [0, 0.1) is 5.92 Å². The molecule has 0 spiro atoms. The number of esters is 1. The van der Waals surface area contributed by atoms with Gasteiger partial charge in [0.05, 0.1) is 11.3 Å². The van der Waals surface area contributed by atoms with Gasteiger partial charge in [-0.25, -0.2) is 0 Å². The van der Waals surface area contributed by atoms with E-state index in [-0.39, 0.29) is 11.8 Å². The van der Waals surface area contributed by atoms with E-state index in [2.05, 4.69) is 0 Å². The summed E-state index contributed by atoms with van der Waals surface area (Å²) in [6, 6.07) is 18.4. The Morgan fingerprint density at radius 3 is 2.10 bits per heavy atom. The number of carboxylic acids is 1. The van der Waals surface area contributed by atoms with Gasteiger partial charge in [-0.05, 0) is 50.3 Å². The molecule has 0 fully saturated rings. The molecule has 0 saturated carbocycles. The maximum Gasteiger partial charge on any atom is 0.321 e. The maximum absolute atomic E-state index is 13.1. The Balaban J connectivity index is 1.96.